The van der Waals surface area contributed by atoms with Gasteiger partial charge in [-0.05, 0) is 36.6 Å². The Bertz CT molecular complexity index is 700. The topological polar surface area (TPSA) is 50.4 Å². The van der Waals surface area contributed by atoms with Crippen molar-refractivity contribution in [3.8, 4) is 5.75 Å². The Kier molecular flexibility index (Phi) is 6.35. The largest absolute Gasteiger partial charge is 0.471 e. The van der Waals surface area contributed by atoms with E-state index < -0.39 is 12.3 Å². The van der Waals surface area contributed by atoms with Gasteiger partial charge in [0.1, 0.15) is 5.75 Å². The first kappa shape index (κ1) is 18.4. The first-order valence-corrected chi connectivity index (χ1v) is 8.41. The molecule has 1 atom stereocenters. The number of amides is 2. The van der Waals surface area contributed by atoms with Gasteiger partial charge in [-0.2, -0.15) is 0 Å². The monoisotopic (exact) mass is 366 g/mol. The number of carbonyl (C=O) groups excluding carboxylic acids is 1. The Balaban J connectivity index is 2.00. The first-order chi connectivity index (χ1) is 11.4. The van der Waals surface area contributed by atoms with Gasteiger partial charge < -0.3 is 15.4 Å². The number of anilines is 1. The molecule has 0 aliphatic heterocycles. The van der Waals surface area contributed by atoms with E-state index in [0.717, 1.165) is 11.3 Å². The summed E-state index contributed by atoms with van der Waals surface area (Å²) in [6.07, 6.45) is -0.522. The van der Waals surface area contributed by atoms with Crippen molar-refractivity contribution in [1.82, 2.24) is 5.32 Å². The zero-order valence-corrected chi connectivity index (χ0v) is 15.3. The highest BCUT2D eigenvalue weighted by atomic mass is 35.5. The molecule has 0 aromatic heterocycles. The van der Waals surface area contributed by atoms with Gasteiger partial charge in [0, 0.05) is 0 Å². The standard InChI is InChI=1S/C18H20Cl2N2O2/c1-11(2)13-7-4-5-10-16(13)24-12(3)21-18(23)22-17-14(19)8-6-9-15(17)20/h4-12H,1-3H3,(H2,21,22,23). The Hall–Kier alpha value is -1.91. The molecule has 6 heteroatoms. The fourth-order valence-electron chi connectivity index (χ4n) is 2.24. The van der Waals surface area contributed by atoms with Crippen LogP contribution in [0.1, 0.15) is 32.3 Å². The Morgan fingerprint density at radius 3 is 2.25 bits per heavy atom. The summed E-state index contributed by atoms with van der Waals surface area (Å²) < 4.78 is 5.84. The summed E-state index contributed by atoms with van der Waals surface area (Å²) in [4.78, 5) is 12.1. The lowest BCUT2D eigenvalue weighted by Crippen LogP contribution is -2.39. The quantitative estimate of drug-likeness (QED) is 0.670. The third-order valence-corrected chi connectivity index (χ3v) is 4.01. The maximum absolute atomic E-state index is 12.1. The molecule has 0 radical (unpaired) electrons. The van der Waals surface area contributed by atoms with E-state index in [1.165, 1.54) is 0 Å². The molecule has 0 fully saturated rings. The molecule has 4 nitrogen and oxygen atoms in total. The van der Waals surface area contributed by atoms with Crippen LogP contribution in [0.15, 0.2) is 42.5 Å². The molecule has 2 rings (SSSR count). The van der Waals surface area contributed by atoms with Crippen LogP contribution in [0.2, 0.25) is 10.0 Å². The number of halogens is 2. The number of carbonyl (C=O) groups is 1. The van der Waals surface area contributed by atoms with Gasteiger partial charge in [0.25, 0.3) is 0 Å². The normalized spacial score (nSPS) is 11.9. The van der Waals surface area contributed by atoms with E-state index in [9.17, 15) is 4.79 Å². The van der Waals surface area contributed by atoms with Gasteiger partial charge in [-0.3, -0.25) is 0 Å². The molecule has 1 unspecified atom stereocenters. The van der Waals surface area contributed by atoms with Gasteiger partial charge in [0.15, 0.2) is 6.23 Å². The van der Waals surface area contributed by atoms with Crippen LogP contribution in [0.5, 0.6) is 5.75 Å². The number of ether oxygens (including phenoxy) is 1. The van der Waals surface area contributed by atoms with Crippen molar-refractivity contribution < 1.29 is 9.53 Å². The fourth-order valence-corrected chi connectivity index (χ4v) is 2.73. The van der Waals surface area contributed by atoms with Crippen LogP contribution >= 0.6 is 23.2 Å². The van der Waals surface area contributed by atoms with Gasteiger partial charge in [-0.15, -0.1) is 0 Å². The molecule has 0 saturated carbocycles. The van der Waals surface area contributed by atoms with Gasteiger partial charge in [-0.25, -0.2) is 4.79 Å². The Morgan fingerprint density at radius 2 is 1.62 bits per heavy atom. The van der Waals surface area contributed by atoms with E-state index in [1.54, 1.807) is 25.1 Å². The summed E-state index contributed by atoms with van der Waals surface area (Å²) in [6.45, 7) is 5.93. The summed E-state index contributed by atoms with van der Waals surface area (Å²) >= 11 is 12.1. The second-order valence-corrected chi connectivity index (χ2v) is 6.46. The maximum atomic E-state index is 12.1. The van der Waals surface area contributed by atoms with Crippen LogP contribution in [-0.2, 0) is 0 Å². The molecule has 2 aromatic carbocycles. The molecule has 2 aromatic rings. The molecule has 128 valence electrons. The van der Waals surface area contributed by atoms with Gasteiger partial charge in [-0.1, -0.05) is 61.3 Å². The van der Waals surface area contributed by atoms with Gasteiger partial charge in [0.05, 0.1) is 15.7 Å². The highest BCUT2D eigenvalue weighted by Crippen LogP contribution is 2.30. The van der Waals surface area contributed by atoms with Crippen LogP contribution in [0.3, 0.4) is 0 Å². The van der Waals surface area contributed by atoms with Gasteiger partial charge >= 0.3 is 6.03 Å². The van der Waals surface area contributed by atoms with Gasteiger partial charge in [0.2, 0.25) is 0 Å². The van der Waals surface area contributed by atoms with Crippen LogP contribution in [0, 0.1) is 0 Å². The minimum absolute atomic E-state index is 0.323. The summed E-state index contributed by atoms with van der Waals surface area (Å²) in [7, 11) is 0. The smallest absolute Gasteiger partial charge is 0.322 e. The van der Waals surface area contributed by atoms with E-state index in [1.807, 2.05) is 24.3 Å². The molecule has 0 heterocycles. The molecular weight excluding hydrogens is 347 g/mol. The van der Waals surface area contributed by atoms with Crippen LogP contribution in [0.4, 0.5) is 10.5 Å². The average molecular weight is 367 g/mol. The van der Waals surface area contributed by atoms with Crippen molar-refractivity contribution >= 4 is 34.9 Å². The number of urea groups is 1. The van der Waals surface area contributed by atoms with Crippen molar-refractivity contribution in [3.63, 3.8) is 0 Å². The lowest BCUT2D eigenvalue weighted by Gasteiger charge is -2.20. The molecule has 0 bridgehead atoms. The number of hydrogen-bond acceptors (Lipinski definition) is 2. The third-order valence-electron chi connectivity index (χ3n) is 3.38. The first-order valence-electron chi connectivity index (χ1n) is 7.65. The lowest BCUT2D eigenvalue weighted by atomic mass is 10.0. The summed E-state index contributed by atoms with van der Waals surface area (Å²) in [5.41, 5.74) is 1.45. The van der Waals surface area contributed by atoms with E-state index in [4.69, 9.17) is 27.9 Å². The lowest BCUT2D eigenvalue weighted by molar-refractivity contribution is 0.181. The zero-order chi connectivity index (χ0) is 17.7. The van der Waals surface area contributed by atoms with Crippen molar-refractivity contribution in [2.45, 2.75) is 32.9 Å². The maximum Gasteiger partial charge on any atom is 0.322 e. The van der Waals surface area contributed by atoms with Crippen LogP contribution in [-0.4, -0.2) is 12.3 Å². The predicted molar refractivity (Wildman–Crippen MR) is 99.2 cm³/mol. The predicted octanol–water partition coefficient (Wildman–Crippen LogP) is 5.66. The third kappa shape index (κ3) is 4.79. The molecule has 0 spiro atoms. The van der Waals surface area contributed by atoms with E-state index in [2.05, 4.69) is 24.5 Å². The number of benzene rings is 2. The fraction of sp³-hybridized carbons (Fsp3) is 0.278. The Labute approximate surface area is 152 Å². The summed E-state index contributed by atoms with van der Waals surface area (Å²) in [5.74, 6) is 1.07. The van der Waals surface area contributed by atoms with Crippen LogP contribution < -0.4 is 15.4 Å². The summed E-state index contributed by atoms with van der Waals surface area (Å²) in [5, 5.41) is 6.09. The second kappa shape index (κ2) is 8.27. The molecule has 0 aliphatic rings. The minimum atomic E-state index is -0.522. The number of para-hydroxylation sites is 2. The average Bonchev–Trinajstić information content (AvgIpc) is 2.51. The van der Waals surface area contributed by atoms with E-state index >= 15 is 0 Å². The number of nitrogens with one attached hydrogen (secondary N) is 2. The van der Waals surface area contributed by atoms with Crippen molar-refractivity contribution in [2.24, 2.45) is 0 Å². The SMILES string of the molecule is CC(NC(=O)Nc1c(Cl)cccc1Cl)Oc1ccccc1C(C)C. The molecule has 24 heavy (non-hydrogen) atoms. The molecule has 0 saturated heterocycles. The van der Waals surface area contributed by atoms with Crippen LogP contribution in [0.25, 0.3) is 0 Å². The van der Waals surface area contributed by atoms with Crippen molar-refractivity contribution in [1.29, 1.82) is 0 Å². The van der Waals surface area contributed by atoms with E-state index in [-0.39, 0.29) is 0 Å². The zero-order valence-electron chi connectivity index (χ0n) is 13.8. The highest BCUT2D eigenvalue weighted by molar-refractivity contribution is 6.39. The second-order valence-electron chi connectivity index (χ2n) is 5.65. The van der Waals surface area contributed by atoms with E-state index in [0.29, 0.717) is 21.7 Å². The van der Waals surface area contributed by atoms with Crippen molar-refractivity contribution in [3.05, 3.63) is 58.1 Å². The number of rotatable bonds is 5. The molecule has 2 amide bonds. The van der Waals surface area contributed by atoms with Crippen molar-refractivity contribution in [2.75, 3.05) is 5.32 Å². The number of hydrogen-bond donors (Lipinski definition) is 2. The Morgan fingerprint density at radius 1 is 1.00 bits per heavy atom. The molecule has 0 aliphatic carbocycles. The minimum Gasteiger partial charge on any atom is -0.471 e. The molecular formula is C18H20Cl2N2O2. The summed E-state index contributed by atoms with van der Waals surface area (Å²) in [6, 6.07) is 12.3. The highest BCUT2D eigenvalue weighted by Gasteiger charge is 2.14. The molecule has 2 N–H and O–H groups in total.